The molecule has 13 nitrogen and oxygen atoms in total. The first-order valence-corrected chi connectivity index (χ1v) is 48.9. The maximum Gasteiger partial charge on any atom is 0.145 e. The van der Waals surface area contributed by atoms with Crippen LogP contribution in [-0.2, 0) is 0 Å². The first-order chi connectivity index (χ1) is 71.8. The third kappa shape index (κ3) is 12.5. The zero-order valence-electron chi connectivity index (χ0n) is 77.3. The molecule has 0 unspecified atom stereocenters. The standard InChI is InChI=1S/2C44H24N4O.C43H25N3S/c45-25-27-20-22-38-35(24-27)30-13-4-6-17-36(30)48(38)39-19-8-10-28(26-46)41(39)34-16-9-15-31-32-21-23-40-42(44(32)49-43(31)34)33-14-5-7-18-37(33)47(40)29-11-2-1-3-12-29;45-25-27-17-20-39-35(23-27)30-11-4-6-15-37(30)48(39)40-21-18-28(26-46)24-36(40)32-14-8-13-31-33-19-22-41-42(44(33)49-43(31)32)34-12-5-7-16-38(34)47(41)29-9-2-1-3-10-29;44-26-27-12-10-18-31(41(27)46-36-21-7-4-15-29(36)30-16-5-8-22-37(30)46)32-19-11-20-33-34-24-25-39-40(43(34)47-42(32)33)35-17-6-9-23-38(35)45(39)28-13-2-1-3-14-28/h2*1-24H;1-25H. The van der Waals surface area contributed by atoms with Gasteiger partial charge in [-0.2, -0.15) is 26.3 Å². The van der Waals surface area contributed by atoms with Gasteiger partial charge in [-0.05, 0) is 182 Å². The highest BCUT2D eigenvalue weighted by Gasteiger charge is 2.30. The lowest BCUT2D eigenvalue weighted by Crippen LogP contribution is -2.00. The normalized spacial score (nSPS) is 11.7. The largest absolute Gasteiger partial charge is 0.455 e. The molecule has 9 aromatic heterocycles. The molecule has 0 radical (unpaired) electrons. The molecule has 145 heavy (non-hydrogen) atoms. The van der Waals surface area contributed by atoms with Crippen molar-refractivity contribution in [3.63, 3.8) is 0 Å². The molecule has 30 aromatic rings. The van der Waals surface area contributed by atoms with Crippen molar-refractivity contribution >= 4 is 206 Å². The summed E-state index contributed by atoms with van der Waals surface area (Å²) in [7, 11) is 0. The van der Waals surface area contributed by atoms with Crippen LogP contribution in [-0.4, -0.2) is 27.4 Å². The first kappa shape index (κ1) is 82.9. The van der Waals surface area contributed by atoms with Crippen molar-refractivity contribution in [1.82, 2.24) is 27.4 Å². The lowest BCUT2D eigenvalue weighted by Gasteiger charge is -2.16. The Balaban J connectivity index is 0.000000106. The molecule has 0 aliphatic carbocycles. The van der Waals surface area contributed by atoms with Crippen LogP contribution in [0.5, 0.6) is 0 Å². The number of nitriles is 5. The van der Waals surface area contributed by atoms with Gasteiger partial charge in [0.1, 0.15) is 28.4 Å². The molecular weight excluding hydrogens is 1790 g/mol. The predicted molar refractivity (Wildman–Crippen MR) is 593 cm³/mol. The fraction of sp³-hybridized carbons (Fsp3) is 0. The van der Waals surface area contributed by atoms with Crippen LogP contribution in [0.3, 0.4) is 0 Å². The van der Waals surface area contributed by atoms with Crippen molar-refractivity contribution in [1.29, 1.82) is 26.3 Å². The van der Waals surface area contributed by atoms with Gasteiger partial charge in [0.25, 0.3) is 0 Å². The second-order valence-corrected chi connectivity index (χ2v) is 37.7. The molecule has 0 saturated carbocycles. The molecule has 0 amide bonds. The topological polar surface area (TPSA) is 175 Å². The molecule has 670 valence electrons. The van der Waals surface area contributed by atoms with Gasteiger partial charge < -0.3 is 36.2 Å². The second-order valence-electron chi connectivity index (χ2n) is 36.7. The maximum absolute atomic E-state index is 10.6. The van der Waals surface area contributed by atoms with Crippen molar-refractivity contribution in [2.75, 3.05) is 0 Å². The molecule has 30 rings (SSSR count). The number of fused-ring (bicyclic) bond motifs is 30. The van der Waals surface area contributed by atoms with Crippen LogP contribution < -0.4 is 0 Å². The summed E-state index contributed by atoms with van der Waals surface area (Å²) in [4.78, 5) is 0. The minimum absolute atomic E-state index is 0.552. The lowest BCUT2D eigenvalue weighted by molar-refractivity contribution is 0.673. The highest BCUT2D eigenvalue weighted by Crippen LogP contribution is 2.53. The number of furan rings is 2. The Morgan fingerprint density at radius 1 is 0.186 bits per heavy atom. The highest BCUT2D eigenvalue weighted by molar-refractivity contribution is 7.27. The highest BCUT2D eigenvalue weighted by atomic mass is 32.1. The zero-order valence-corrected chi connectivity index (χ0v) is 78.1. The van der Waals surface area contributed by atoms with Gasteiger partial charge in [0.2, 0.25) is 0 Å². The van der Waals surface area contributed by atoms with Crippen LogP contribution in [0.15, 0.2) is 452 Å². The molecular formula is C131H73N11O2S. The molecule has 0 bridgehead atoms. The summed E-state index contributed by atoms with van der Waals surface area (Å²) in [5, 5.41) is 70.4. The summed E-state index contributed by atoms with van der Waals surface area (Å²) in [5.74, 6) is 0. The average molecular weight is 1870 g/mol. The fourth-order valence-corrected chi connectivity index (χ4v) is 24.5. The van der Waals surface area contributed by atoms with E-state index in [0.717, 1.165) is 210 Å². The summed E-state index contributed by atoms with van der Waals surface area (Å²) >= 11 is 1.86. The van der Waals surface area contributed by atoms with Gasteiger partial charge in [-0.3, -0.25) is 0 Å². The smallest absolute Gasteiger partial charge is 0.145 e. The van der Waals surface area contributed by atoms with Crippen molar-refractivity contribution in [3.8, 4) is 97.9 Å². The van der Waals surface area contributed by atoms with Gasteiger partial charge in [-0.1, -0.05) is 261 Å². The Morgan fingerprint density at radius 3 is 1.01 bits per heavy atom. The first-order valence-electron chi connectivity index (χ1n) is 48.1. The van der Waals surface area contributed by atoms with E-state index in [0.29, 0.717) is 27.8 Å². The minimum Gasteiger partial charge on any atom is -0.455 e. The molecule has 9 heterocycles. The van der Waals surface area contributed by atoms with E-state index in [2.05, 4.69) is 379 Å². The van der Waals surface area contributed by atoms with E-state index < -0.39 is 0 Å². The summed E-state index contributed by atoms with van der Waals surface area (Å²) < 4.78 is 30.2. The third-order valence-electron chi connectivity index (χ3n) is 29.1. The van der Waals surface area contributed by atoms with E-state index in [9.17, 15) is 26.3 Å². The molecule has 0 N–H and O–H groups in total. The number of para-hydroxylation sites is 13. The number of thiophene rings is 1. The molecule has 0 fully saturated rings. The third-order valence-corrected chi connectivity index (χ3v) is 30.4. The maximum atomic E-state index is 10.6. The lowest BCUT2D eigenvalue weighted by atomic mass is 9.96. The van der Waals surface area contributed by atoms with Gasteiger partial charge in [0, 0.05) is 146 Å². The van der Waals surface area contributed by atoms with Crippen molar-refractivity contribution in [3.05, 3.63) is 471 Å². The number of hydrogen-bond acceptors (Lipinski definition) is 8. The van der Waals surface area contributed by atoms with Crippen molar-refractivity contribution < 1.29 is 8.83 Å². The van der Waals surface area contributed by atoms with Gasteiger partial charge in [0.15, 0.2) is 0 Å². The summed E-state index contributed by atoms with van der Waals surface area (Å²) in [6.45, 7) is 0. The van der Waals surface area contributed by atoms with Gasteiger partial charge in [-0.25, -0.2) is 0 Å². The van der Waals surface area contributed by atoms with Crippen molar-refractivity contribution in [2.45, 2.75) is 0 Å². The average Bonchev–Trinajstić information content (AvgIpc) is 1.56. The van der Waals surface area contributed by atoms with E-state index in [4.69, 9.17) is 8.83 Å². The van der Waals surface area contributed by atoms with Crippen LogP contribution in [0.2, 0.25) is 0 Å². The molecule has 0 spiro atoms. The van der Waals surface area contributed by atoms with Gasteiger partial charge in [0.05, 0.1) is 146 Å². The van der Waals surface area contributed by atoms with Crippen molar-refractivity contribution in [2.24, 2.45) is 0 Å². The number of nitrogens with zero attached hydrogens (tertiary/aromatic N) is 11. The molecule has 0 aliphatic heterocycles. The number of aromatic nitrogens is 6. The van der Waals surface area contributed by atoms with Crippen LogP contribution in [0.4, 0.5) is 0 Å². The SMILES string of the molecule is N#Cc1ccc(-n2c3ccccc3c3cc(C#N)ccc32)c(-c2cccc3c2oc2c3ccc3c2c2ccccc2n3-c2ccccc2)c1.N#Cc1ccc2c(c1)c1ccccc1n2-c1cccc(C#N)c1-c1cccc2c1oc1c2ccc2c1c1ccccc1n2-c1ccccc1.N#Cc1cccc(-c2cccc3c2sc2c3ccc3c2c2ccccc2n3-c2ccccc2)c1-n1c2ccccc2c2ccccc21. The van der Waals surface area contributed by atoms with Crippen LogP contribution in [0, 0.1) is 56.7 Å². The Labute approximate surface area is 831 Å². The number of rotatable bonds is 9. The summed E-state index contributed by atoms with van der Waals surface area (Å²) in [6.07, 6.45) is 0. The second kappa shape index (κ2) is 33.0. The van der Waals surface area contributed by atoms with Crippen LogP contribution >= 0.6 is 11.3 Å². The number of hydrogen-bond donors (Lipinski definition) is 0. The summed E-state index contributed by atoms with van der Waals surface area (Å²) in [6, 6.07) is 164. The summed E-state index contributed by atoms with van der Waals surface area (Å²) in [5.41, 5.74) is 30.8. The van der Waals surface area contributed by atoms with E-state index in [1.165, 1.54) is 52.8 Å². The van der Waals surface area contributed by atoms with E-state index in [-0.39, 0.29) is 0 Å². The monoisotopic (exact) mass is 1860 g/mol. The Kier molecular flexibility index (Phi) is 18.8. The van der Waals surface area contributed by atoms with Gasteiger partial charge >= 0.3 is 0 Å². The fourth-order valence-electron chi connectivity index (χ4n) is 23.1. The van der Waals surface area contributed by atoms with Crippen LogP contribution in [0.25, 0.3) is 262 Å². The molecule has 14 heteroatoms. The van der Waals surface area contributed by atoms with E-state index in [1.807, 2.05) is 133 Å². The Bertz CT molecular complexity index is 11000. The Hall–Kier alpha value is -20.3. The quantitative estimate of drug-likeness (QED) is 0.138. The molecule has 0 aliphatic rings. The van der Waals surface area contributed by atoms with Gasteiger partial charge in [-0.15, -0.1) is 11.3 Å². The molecule has 0 atom stereocenters. The molecule has 0 saturated heterocycles. The predicted octanol–water partition coefficient (Wildman–Crippen LogP) is 34.2. The zero-order chi connectivity index (χ0) is 96.3. The van der Waals surface area contributed by atoms with Crippen LogP contribution in [0.1, 0.15) is 27.8 Å². The van der Waals surface area contributed by atoms with E-state index in [1.54, 1.807) is 0 Å². The Morgan fingerprint density at radius 2 is 0.517 bits per heavy atom. The minimum atomic E-state index is 0.552. The number of benzene rings is 21. The van der Waals surface area contributed by atoms with E-state index >= 15 is 0 Å². The molecule has 21 aromatic carbocycles.